The van der Waals surface area contributed by atoms with Crippen molar-refractivity contribution in [2.75, 3.05) is 36.2 Å². The first-order valence-electron chi connectivity index (χ1n) is 9.38. The Bertz CT molecular complexity index is 1010. The van der Waals surface area contributed by atoms with Crippen LogP contribution in [0.15, 0.2) is 42.5 Å². The Morgan fingerprint density at radius 1 is 1.10 bits per heavy atom. The zero-order valence-electron chi connectivity index (χ0n) is 17.1. The van der Waals surface area contributed by atoms with Gasteiger partial charge in [0.05, 0.1) is 26.2 Å². The van der Waals surface area contributed by atoms with Crippen molar-refractivity contribution in [2.24, 2.45) is 0 Å². The van der Waals surface area contributed by atoms with Crippen molar-refractivity contribution >= 4 is 27.3 Å². The summed E-state index contributed by atoms with van der Waals surface area (Å²) in [5.74, 6) is 0.604. The minimum Gasteiger partial charge on any atom is -0.493 e. The van der Waals surface area contributed by atoms with E-state index in [1.54, 1.807) is 30.0 Å². The second kappa shape index (κ2) is 8.32. The summed E-state index contributed by atoms with van der Waals surface area (Å²) in [7, 11) is -0.750. The van der Waals surface area contributed by atoms with E-state index in [0.29, 0.717) is 23.7 Å². The normalized spacial score (nSPS) is 14.7. The number of fused-ring (bicyclic) bond motifs is 1. The van der Waals surface area contributed by atoms with Crippen molar-refractivity contribution in [1.29, 1.82) is 0 Å². The van der Waals surface area contributed by atoms with Crippen LogP contribution >= 0.6 is 0 Å². The molecule has 0 saturated carbocycles. The third-order valence-corrected chi connectivity index (χ3v) is 6.31. The van der Waals surface area contributed by atoms with Crippen LogP contribution in [0.1, 0.15) is 18.9 Å². The van der Waals surface area contributed by atoms with Crippen LogP contribution in [0.2, 0.25) is 0 Å². The number of nitrogens with zero attached hydrogens (tertiary/aromatic N) is 2. The number of rotatable bonds is 6. The molecular weight excluding hydrogens is 392 g/mol. The summed E-state index contributed by atoms with van der Waals surface area (Å²) < 4.78 is 37.0. The molecule has 0 spiro atoms. The summed E-state index contributed by atoms with van der Waals surface area (Å²) in [5, 5.41) is 0. The third-order valence-electron chi connectivity index (χ3n) is 5.06. The van der Waals surface area contributed by atoms with E-state index in [1.165, 1.54) is 14.2 Å². The van der Waals surface area contributed by atoms with Gasteiger partial charge >= 0.3 is 0 Å². The maximum Gasteiger partial charge on any atom is 0.250 e. The number of amides is 1. The lowest BCUT2D eigenvalue weighted by Crippen LogP contribution is -2.50. The number of hydrogen-bond donors (Lipinski definition) is 0. The summed E-state index contributed by atoms with van der Waals surface area (Å²) in [6, 6.07) is 11.6. The number of anilines is 2. The first-order valence-corrected chi connectivity index (χ1v) is 11.2. The van der Waals surface area contributed by atoms with E-state index in [1.807, 2.05) is 24.3 Å². The molecule has 7 nitrogen and oxygen atoms in total. The molecule has 2 aromatic carbocycles. The molecule has 1 amide bonds. The highest BCUT2D eigenvalue weighted by Crippen LogP contribution is 2.34. The highest BCUT2D eigenvalue weighted by atomic mass is 32.2. The van der Waals surface area contributed by atoms with E-state index in [-0.39, 0.29) is 5.91 Å². The average Bonchev–Trinajstić information content (AvgIpc) is 2.71. The molecule has 3 rings (SSSR count). The summed E-state index contributed by atoms with van der Waals surface area (Å²) in [5.41, 5.74) is 2.28. The molecule has 1 atom stereocenters. The smallest absolute Gasteiger partial charge is 0.250 e. The summed E-state index contributed by atoms with van der Waals surface area (Å²) >= 11 is 0. The van der Waals surface area contributed by atoms with E-state index >= 15 is 0 Å². The standard InChI is InChI=1S/C21H26N2O5S/c1-15(21(24)22-13-7-9-16-8-5-6-10-18(16)22)23(29(4,25)26)17-11-12-19(27-2)20(14-17)28-3/h5-6,8,10-12,14-15H,7,9,13H2,1-4H3/t15-/m0/s1. The topological polar surface area (TPSA) is 76.2 Å². The van der Waals surface area contributed by atoms with Gasteiger partial charge in [0.1, 0.15) is 6.04 Å². The van der Waals surface area contributed by atoms with Gasteiger partial charge in [-0.25, -0.2) is 8.42 Å². The Balaban J connectivity index is 2.00. The monoisotopic (exact) mass is 418 g/mol. The van der Waals surface area contributed by atoms with Gasteiger partial charge in [-0.15, -0.1) is 0 Å². The van der Waals surface area contributed by atoms with Crippen LogP contribution < -0.4 is 18.7 Å². The van der Waals surface area contributed by atoms with Crippen LogP contribution in [0.5, 0.6) is 11.5 Å². The molecule has 8 heteroatoms. The Kier molecular flexibility index (Phi) is 6.02. The number of hydrogen-bond acceptors (Lipinski definition) is 5. The largest absolute Gasteiger partial charge is 0.493 e. The predicted octanol–water partition coefficient (Wildman–Crippen LogP) is 2.84. The fourth-order valence-corrected chi connectivity index (χ4v) is 4.91. The van der Waals surface area contributed by atoms with Gasteiger partial charge in [-0.3, -0.25) is 9.10 Å². The van der Waals surface area contributed by atoms with Crippen LogP contribution in [0.3, 0.4) is 0 Å². The van der Waals surface area contributed by atoms with Crippen LogP contribution in [-0.2, 0) is 21.2 Å². The number of methoxy groups -OCH3 is 2. The number of sulfonamides is 1. The molecule has 1 aliphatic heterocycles. The van der Waals surface area contributed by atoms with Crippen molar-refractivity contribution in [3.05, 3.63) is 48.0 Å². The lowest BCUT2D eigenvalue weighted by Gasteiger charge is -2.35. The first-order chi connectivity index (χ1) is 13.8. The zero-order chi connectivity index (χ0) is 21.2. The quantitative estimate of drug-likeness (QED) is 0.721. The Hall–Kier alpha value is -2.74. The van der Waals surface area contributed by atoms with E-state index in [9.17, 15) is 13.2 Å². The fraction of sp³-hybridized carbons (Fsp3) is 0.381. The molecule has 2 aromatic rings. The third kappa shape index (κ3) is 4.17. The Morgan fingerprint density at radius 2 is 1.79 bits per heavy atom. The molecule has 0 aliphatic carbocycles. The van der Waals surface area contributed by atoms with Crippen LogP contribution in [0, 0.1) is 0 Å². The average molecular weight is 419 g/mol. The molecule has 0 N–H and O–H groups in total. The van der Waals surface area contributed by atoms with Crippen LogP contribution in [0.4, 0.5) is 11.4 Å². The molecule has 0 unspecified atom stereocenters. The number of aryl methyl sites for hydroxylation is 1. The summed E-state index contributed by atoms with van der Waals surface area (Å²) in [6.07, 6.45) is 2.84. The minimum atomic E-state index is -3.73. The molecule has 29 heavy (non-hydrogen) atoms. The predicted molar refractivity (Wildman–Crippen MR) is 113 cm³/mol. The van der Waals surface area contributed by atoms with Gasteiger partial charge in [0.15, 0.2) is 11.5 Å². The number of para-hydroxylation sites is 1. The van der Waals surface area contributed by atoms with Gasteiger partial charge in [0.25, 0.3) is 5.91 Å². The van der Waals surface area contributed by atoms with Crippen molar-refractivity contribution in [3.8, 4) is 11.5 Å². The fourth-order valence-electron chi connectivity index (χ4n) is 3.75. The molecule has 0 aromatic heterocycles. The number of carbonyl (C=O) groups is 1. The molecule has 0 radical (unpaired) electrons. The summed E-state index contributed by atoms with van der Waals surface area (Å²) in [4.78, 5) is 15.0. The maximum absolute atomic E-state index is 13.4. The highest BCUT2D eigenvalue weighted by molar-refractivity contribution is 7.92. The van der Waals surface area contributed by atoms with Gasteiger partial charge in [-0.05, 0) is 43.5 Å². The molecule has 1 aliphatic rings. The lowest BCUT2D eigenvalue weighted by atomic mass is 10.0. The molecule has 0 fully saturated rings. The molecule has 156 valence electrons. The van der Waals surface area contributed by atoms with Crippen molar-refractivity contribution in [1.82, 2.24) is 0 Å². The second-order valence-corrected chi connectivity index (χ2v) is 8.86. The van der Waals surface area contributed by atoms with Gasteiger partial charge in [-0.1, -0.05) is 18.2 Å². The first kappa shape index (κ1) is 21.0. The van der Waals surface area contributed by atoms with Gasteiger partial charge in [-0.2, -0.15) is 0 Å². The lowest BCUT2D eigenvalue weighted by molar-refractivity contribution is -0.119. The van der Waals surface area contributed by atoms with Crippen LogP contribution in [-0.4, -0.2) is 47.4 Å². The zero-order valence-corrected chi connectivity index (χ0v) is 17.9. The highest BCUT2D eigenvalue weighted by Gasteiger charge is 2.34. The Morgan fingerprint density at radius 3 is 2.45 bits per heavy atom. The number of benzene rings is 2. The number of ether oxygens (including phenoxy) is 2. The molecule has 1 heterocycles. The second-order valence-electron chi connectivity index (χ2n) is 7.00. The van der Waals surface area contributed by atoms with Crippen LogP contribution in [0.25, 0.3) is 0 Å². The summed E-state index contributed by atoms with van der Waals surface area (Å²) in [6.45, 7) is 2.17. The van der Waals surface area contributed by atoms with Gasteiger partial charge in [0, 0.05) is 18.3 Å². The molecule has 0 bridgehead atoms. The SMILES string of the molecule is COc1ccc(N([C@@H](C)C(=O)N2CCCc3ccccc32)S(C)(=O)=O)cc1OC. The Labute approximate surface area is 171 Å². The molecule has 0 saturated heterocycles. The van der Waals surface area contributed by atoms with E-state index < -0.39 is 16.1 Å². The maximum atomic E-state index is 13.4. The van der Waals surface area contributed by atoms with Crippen molar-refractivity contribution in [3.63, 3.8) is 0 Å². The minimum absolute atomic E-state index is 0.266. The van der Waals surface area contributed by atoms with E-state index in [2.05, 4.69) is 0 Å². The van der Waals surface area contributed by atoms with E-state index in [4.69, 9.17) is 9.47 Å². The van der Waals surface area contributed by atoms with Gasteiger partial charge < -0.3 is 14.4 Å². The van der Waals surface area contributed by atoms with Crippen molar-refractivity contribution < 1.29 is 22.7 Å². The van der Waals surface area contributed by atoms with E-state index in [0.717, 1.165) is 34.7 Å². The molecular formula is C21H26N2O5S. The van der Waals surface area contributed by atoms with Gasteiger partial charge in [0.2, 0.25) is 10.0 Å². The van der Waals surface area contributed by atoms with Crippen molar-refractivity contribution in [2.45, 2.75) is 25.8 Å². The number of carbonyl (C=O) groups excluding carboxylic acids is 1.